The van der Waals surface area contributed by atoms with Crippen molar-refractivity contribution in [3.63, 3.8) is 0 Å². The Morgan fingerprint density at radius 2 is 1.63 bits per heavy atom. The summed E-state index contributed by atoms with van der Waals surface area (Å²) in [5.41, 5.74) is 0. The summed E-state index contributed by atoms with van der Waals surface area (Å²) in [5.74, 6) is 1.70. The highest BCUT2D eigenvalue weighted by Gasteiger charge is 2.21. The predicted molar refractivity (Wildman–Crippen MR) is 83.4 cm³/mol. The first kappa shape index (κ1) is 17.2. The quantitative estimate of drug-likeness (QED) is 0.437. The molecule has 0 aromatic carbocycles. The molecule has 0 aliphatic heterocycles. The van der Waals surface area contributed by atoms with Gasteiger partial charge in [0.1, 0.15) is 0 Å². The normalized spacial score (nSPS) is 11.3. The third-order valence-electron chi connectivity index (χ3n) is 2.64. The van der Waals surface area contributed by atoms with E-state index in [0.717, 1.165) is 25.0 Å². The summed E-state index contributed by atoms with van der Waals surface area (Å²) in [6.45, 7) is 13.4. The molecular weight excluding hydrogens is 238 g/mol. The first-order valence-corrected chi connectivity index (χ1v) is 6.51. The van der Waals surface area contributed by atoms with E-state index in [1.165, 1.54) is 0 Å². The number of hydrogen-bond donors (Lipinski definition) is 0. The maximum atomic E-state index is 4.75. The Morgan fingerprint density at radius 1 is 1.11 bits per heavy atom. The van der Waals surface area contributed by atoms with Crippen LogP contribution in [0.5, 0.6) is 0 Å². The summed E-state index contributed by atoms with van der Waals surface area (Å²) in [4.78, 5) is 10.7. The number of rotatable bonds is 4. The minimum Gasteiger partial charge on any atom is -0.335 e. The molecule has 0 bridgehead atoms. The maximum absolute atomic E-state index is 4.75. The summed E-state index contributed by atoms with van der Waals surface area (Å²) < 4.78 is 2.00. The lowest BCUT2D eigenvalue weighted by atomic mass is 10.5. The minimum atomic E-state index is 0.806. The van der Waals surface area contributed by atoms with Crippen LogP contribution in [-0.2, 0) is 0 Å². The van der Waals surface area contributed by atoms with Gasteiger partial charge in [0.25, 0.3) is 5.96 Å². The molecule has 0 spiro atoms. The molecule has 0 radical (unpaired) electrons. The molecule has 0 atom stereocenters. The van der Waals surface area contributed by atoms with Crippen LogP contribution < -0.4 is 0 Å². The Bertz CT molecular complexity index is 356. The molecule has 0 aliphatic carbocycles. The number of aliphatic imine (C=N–C) groups is 1. The fraction of sp³-hybridized carbons (Fsp3) is 0.571. The van der Waals surface area contributed by atoms with Gasteiger partial charge < -0.3 is 9.80 Å². The molecule has 5 nitrogen and oxygen atoms in total. The molecule has 5 heteroatoms. The highest BCUT2D eigenvalue weighted by Crippen LogP contribution is 1.99. The van der Waals surface area contributed by atoms with Crippen LogP contribution >= 0.6 is 0 Å². The van der Waals surface area contributed by atoms with E-state index in [4.69, 9.17) is 4.99 Å². The lowest BCUT2D eigenvalue weighted by Gasteiger charge is -2.21. The van der Waals surface area contributed by atoms with Gasteiger partial charge in [-0.15, -0.1) is 0 Å². The fourth-order valence-electron chi connectivity index (χ4n) is 1.69. The molecule has 0 aromatic heterocycles. The van der Waals surface area contributed by atoms with Gasteiger partial charge in [0.05, 0.1) is 25.5 Å². The van der Waals surface area contributed by atoms with Crippen LogP contribution in [-0.4, -0.2) is 72.5 Å². The molecule has 0 amide bonds. The highest BCUT2D eigenvalue weighted by molar-refractivity contribution is 5.92. The van der Waals surface area contributed by atoms with Crippen LogP contribution in [0.2, 0.25) is 0 Å². The average Bonchev–Trinajstić information content (AvgIpc) is 2.36. The van der Waals surface area contributed by atoms with Crippen LogP contribution in [0.4, 0.5) is 0 Å². The van der Waals surface area contributed by atoms with Crippen molar-refractivity contribution in [2.45, 2.75) is 13.8 Å². The number of hydrogen-bond acceptors (Lipinski definition) is 0. The Kier molecular flexibility index (Phi) is 7.56. The zero-order valence-electron chi connectivity index (χ0n) is 13.2. The predicted octanol–water partition coefficient (Wildman–Crippen LogP) is 1.46. The maximum Gasteiger partial charge on any atom is 0.401 e. The molecule has 19 heavy (non-hydrogen) atoms. The summed E-state index contributed by atoms with van der Waals surface area (Å²) in [7, 11) is 7.91. The molecule has 0 unspecified atom stereocenters. The second kappa shape index (κ2) is 8.34. The van der Waals surface area contributed by atoms with Gasteiger partial charge in [-0.2, -0.15) is 0 Å². The third-order valence-corrected chi connectivity index (χ3v) is 2.64. The number of guanidine groups is 2. The van der Waals surface area contributed by atoms with E-state index >= 15 is 0 Å². The van der Waals surface area contributed by atoms with Crippen molar-refractivity contribution in [1.29, 1.82) is 0 Å². The molecule has 0 aromatic rings. The molecule has 0 saturated heterocycles. The van der Waals surface area contributed by atoms with E-state index in [0.29, 0.717) is 0 Å². The van der Waals surface area contributed by atoms with E-state index in [-0.39, 0.29) is 0 Å². The summed E-state index contributed by atoms with van der Waals surface area (Å²) in [5, 5.41) is 0. The standard InChI is InChI=1S/C14H28N5/c1-9-18(10-2)14(19(11-3)12-4)15-13(16(5)6)17(7)8/h9,11H,1,3,10,12H2,2,4-8H3/q+1. The first-order valence-electron chi connectivity index (χ1n) is 6.51. The van der Waals surface area contributed by atoms with E-state index in [2.05, 4.69) is 27.0 Å². The van der Waals surface area contributed by atoms with Gasteiger partial charge in [-0.1, -0.05) is 13.2 Å². The van der Waals surface area contributed by atoms with Gasteiger partial charge in [0.15, 0.2) is 0 Å². The lowest BCUT2D eigenvalue weighted by molar-refractivity contribution is -0.458. The van der Waals surface area contributed by atoms with Crippen molar-refractivity contribution in [3.05, 3.63) is 25.6 Å². The summed E-state index contributed by atoms with van der Waals surface area (Å²) in [6, 6.07) is 0. The van der Waals surface area contributed by atoms with Crippen molar-refractivity contribution >= 4 is 11.9 Å². The molecular formula is C14H28N5+. The van der Waals surface area contributed by atoms with Crippen molar-refractivity contribution in [1.82, 2.24) is 14.7 Å². The van der Waals surface area contributed by atoms with E-state index in [9.17, 15) is 0 Å². The largest absolute Gasteiger partial charge is 0.401 e. The molecule has 0 N–H and O–H groups in total. The van der Waals surface area contributed by atoms with Gasteiger partial charge in [-0.05, 0) is 18.8 Å². The third kappa shape index (κ3) is 4.77. The molecule has 0 aliphatic rings. The second-order valence-electron chi connectivity index (χ2n) is 4.44. The van der Waals surface area contributed by atoms with Crippen LogP contribution in [0.25, 0.3) is 0 Å². The average molecular weight is 266 g/mol. The zero-order chi connectivity index (χ0) is 15.0. The molecule has 0 heterocycles. The second-order valence-corrected chi connectivity index (χ2v) is 4.44. The SMILES string of the molecule is C=CN(CC)/C(N=C(N(C)C)N(C)C)=[N+](\C=C)CC. The smallest absolute Gasteiger partial charge is 0.335 e. The Hall–Kier alpha value is -1.78. The zero-order valence-corrected chi connectivity index (χ0v) is 13.2. The minimum absolute atomic E-state index is 0.806. The first-order chi connectivity index (χ1) is 8.92. The molecule has 0 fully saturated rings. The summed E-state index contributed by atoms with van der Waals surface area (Å²) >= 11 is 0. The molecule has 108 valence electrons. The van der Waals surface area contributed by atoms with Crippen LogP contribution in [0.1, 0.15) is 13.8 Å². The van der Waals surface area contributed by atoms with Crippen molar-refractivity contribution in [3.8, 4) is 0 Å². The topological polar surface area (TPSA) is 25.1 Å². The monoisotopic (exact) mass is 266 g/mol. The fourth-order valence-corrected chi connectivity index (χ4v) is 1.69. The summed E-state index contributed by atoms with van der Waals surface area (Å²) in [6.07, 6.45) is 3.57. The molecule has 0 saturated carbocycles. The van der Waals surface area contributed by atoms with E-state index in [1.807, 2.05) is 47.5 Å². The van der Waals surface area contributed by atoms with Gasteiger partial charge in [-0.3, -0.25) is 0 Å². The van der Waals surface area contributed by atoms with Crippen molar-refractivity contribution in [2.24, 2.45) is 4.99 Å². The van der Waals surface area contributed by atoms with Crippen LogP contribution in [0.3, 0.4) is 0 Å². The van der Waals surface area contributed by atoms with Gasteiger partial charge >= 0.3 is 5.96 Å². The van der Waals surface area contributed by atoms with Gasteiger partial charge in [0.2, 0.25) is 0 Å². The van der Waals surface area contributed by atoms with Gasteiger partial charge in [-0.25, -0.2) is 9.48 Å². The molecule has 0 rings (SSSR count). The Labute approximate surface area is 117 Å². The van der Waals surface area contributed by atoms with Crippen molar-refractivity contribution < 1.29 is 4.58 Å². The van der Waals surface area contributed by atoms with Crippen LogP contribution in [0, 0.1) is 0 Å². The van der Waals surface area contributed by atoms with E-state index in [1.54, 1.807) is 12.4 Å². The highest BCUT2D eigenvalue weighted by atomic mass is 15.4. The van der Waals surface area contributed by atoms with E-state index < -0.39 is 0 Å². The van der Waals surface area contributed by atoms with Crippen LogP contribution in [0.15, 0.2) is 30.6 Å². The Balaban J connectivity index is 5.86. The lowest BCUT2D eigenvalue weighted by Crippen LogP contribution is -2.40. The van der Waals surface area contributed by atoms with Crippen molar-refractivity contribution in [2.75, 3.05) is 41.3 Å². The van der Waals surface area contributed by atoms with Gasteiger partial charge in [0, 0.05) is 28.2 Å². The Morgan fingerprint density at radius 3 is 1.89 bits per heavy atom. The number of nitrogens with zero attached hydrogens (tertiary/aromatic N) is 5.